The first-order valence-corrected chi connectivity index (χ1v) is 11.3. The van der Waals surface area contributed by atoms with Crippen molar-refractivity contribution in [3.63, 3.8) is 0 Å². The Labute approximate surface area is 189 Å². The number of pyridine rings is 1. The minimum Gasteiger partial charge on any atom is -0.486 e. The first kappa shape index (κ1) is 20.0. The summed E-state index contributed by atoms with van der Waals surface area (Å²) in [6, 6.07) is 3.90. The Morgan fingerprint density at radius 3 is 2.97 bits per heavy atom. The van der Waals surface area contributed by atoms with Gasteiger partial charge in [-0.3, -0.25) is 4.79 Å². The van der Waals surface area contributed by atoms with Gasteiger partial charge in [-0.2, -0.15) is 9.61 Å². The molecule has 5 heterocycles. The zero-order valence-electron chi connectivity index (χ0n) is 18.4. The lowest BCUT2D eigenvalue weighted by atomic mass is 9.89. The molecule has 0 bridgehead atoms. The number of amides is 1. The molecule has 1 fully saturated rings. The average molecular weight is 447 g/mol. The van der Waals surface area contributed by atoms with Gasteiger partial charge >= 0.3 is 0 Å². The van der Waals surface area contributed by atoms with E-state index in [-0.39, 0.29) is 18.0 Å². The summed E-state index contributed by atoms with van der Waals surface area (Å²) in [5, 5.41) is 21.5. The van der Waals surface area contributed by atoms with E-state index in [9.17, 15) is 9.90 Å². The molecule has 2 atom stereocenters. The number of fused-ring (bicyclic) bond motifs is 4. The lowest BCUT2D eigenvalue weighted by Crippen LogP contribution is -2.50. The lowest BCUT2D eigenvalue weighted by Gasteiger charge is -2.32. The van der Waals surface area contributed by atoms with Gasteiger partial charge in [-0.05, 0) is 38.8 Å². The minimum absolute atomic E-state index is 0.208. The summed E-state index contributed by atoms with van der Waals surface area (Å²) in [5.74, 6) is 0.971. The van der Waals surface area contributed by atoms with Gasteiger partial charge in [0.1, 0.15) is 23.5 Å². The number of aromatic nitrogens is 5. The highest BCUT2D eigenvalue weighted by molar-refractivity contribution is 6.02. The van der Waals surface area contributed by atoms with E-state index in [1.807, 2.05) is 18.3 Å². The molecule has 3 N–H and O–H groups in total. The number of hydrogen-bond acceptors (Lipinski definition) is 7. The molecule has 1 amide bonds. The first-order valence-electron chi connectivity index (χ1n) is 11.3. The Hall–Kier alpha value is -3.66. The third-order valence-electron chi connectivity index (χ3n) is 6.44. The highest BCUT2D eigenvalue weighted by atomic mass is 16.5. The van der Waals surface area contributed by atoms with Gasteiger partial charge in [0.15, 0.2) is 17.2 Å². The Morgan fingerprint density at radius 1 is 1.33 bits per heavy atom. The first-order chi connectivity index (χ1) is 16.0. The molecule has 10 heteroatoms. The van der Waals surface area contributed by atoms with E-state index in [1.54, 1.807) is 10.7 Å². The van der Waals surface area contributed by atoms with Crippen LogP contribution in [0.4, 0.5) is 5.82 Å². The number of carbonyl (C=O) groups excluding carboxylic acids is 1. The van der Waals surface area contributed by atoms with Crippen LogP contribution in [0.15, 0.2) is 30.7 Å². The number of ether oxygens (including phenoxy) is 1. The normalized spacial score (nSPS) is 19.8. The van der Waals surface area contributed by atoms with Crippen LogP contribution in [-0.4, -0.2) is 60.5 Å². The minimum atomic E-state index is -0.503. The summed E-state index contributed by atoms with van der Waals surface area (Å²) in [5.41, 5.74) is 3.18. The number of nitrogens with zero attached hydrogens (tertiary/aromatic N) is 5. The molecule has 10 nitrogen and oxygen atoms in total. The van der Waals surface area contributed by atoms with Crippen LogP contribution in [0.3, 0.4) is 0 Å². The van der Waals surface area contributed by atoms with Crippen LogP contribution in [0.1, 0.15) is 43.1 Å². The Kier molecular flexibility index (Phi) is 4.51. The highest BCUT2D eigenvalue weighted by Gasteiger charge is 2.32. The summed E-state index contributed by atoms with van der Waals surface area (Å²) < 4.78 is 9.79. The molecule has 0 unspecified atom stereocenters. The summed E-state index contributed by atoms with van der Waals surface area (Å²) in [4.78, 5) is 22.5. The molecule has 4 aromatic rings. The SMILES string of the molecule is CC(C)n1cc(-c2nc3c(C(=O)N[C@H]4CC[C@H]4O)cnn3c3c2OCCN3)c2cccnc21. The molecule has 33 heavy (non-hydrogen) atoms. The molecular formula is C23H25N7O3. The van der Waals surface area contributed by atoms with E-state index in [2.05, 4.69) is 39.1 Å². The van der Waals surface area contributed by atoms with Crippen molar-refractivity contribution in [2.24, 2.45) is 0 Å². The fourth-order valence-corrected chi connectivity index (χ4v) is 4.50. The molecule has 0 spiro atoms. The number of rotatable bonds is 4. The Balaban J connectivity index is 1.55. The zero-order valence-corrected chi connectivity index (χ0v) is 18.4. The molecule has 0 saturated heterocycles. The number of aliphatic hydroxyl groups excluding tert-OH is 1. The van der Waals surface area contributed by atoms with E-state index in [0.29, 0.717) is 48.0 Å². The predicted molar refractivity (Wildman–Crippen MR) is 123 cm³/mol. The van der Waals surface area contributed by atoms with Crippen molar-refractivity contribution < 1.29 is 14.6 Å². The molecule has 0 radical (unpaired) electrons. The Bertz CT molecular complexity index is 1390. The van der Waals surface area contributed by atoms with Crippen molar-refractivity contribution in [3.8, 4) is 17.0 Å². The largest absolute Gasteiger partial charge is 0.486 e. The number of anilines is 1. The maximum Gasteiger partial charge on any atom is 0.257 e. The molecule has 1 saturated carbocycles. The van der Waals surface area contributed by atoms with E-state index < -0.39 is 6.10 Å². The van der Waals surface area contributed by atoms with Gasteiger partial charge in [0.05, 0.1) is 24.9 Å². The van der Waals surface area contributed by atoms with Crippen LogP contribution in [0.25, 0.3) is 27.9 Å². The summed E-state index contributed by atoms with van der Waals surface area (Å²) >= 11 is 0. The van der Waals surface area contributed by atoms with Crippen molar-refractivity contribution in [2.45, 2.75) is 44.9 Å². The van der Waals surface area contributed by atoms with Crippen LogP contribution >= 0.6 is 0 Å². The van der Waals surface area contributed by atoms with E-state index in [1.165, 1.54) is 6.20 Å². The van der Waals surface area contributed by atoms with Crippen LogP contribution < -0.4 is 15.4 Å². The maximum absolute atomic E-state index is 13.0. The van der Waals surface area contributed by atoms with Crippen LogP contribution in [0.5, 0.6) is 5.75 Å². The molecule has 2 aliphatic rings. The van der Waals surface area contributed by atoms with Gasteiger partial charge < -0.3 is 25.0 Å². The van der Waals surface area contributed by atoms with E-state index in [0.717, 1.165) is 23.0 Å². The fraction of sp³-hybridized carbons (Fsp3) is 0.391. The second kappa shape index (κ2) is 7.45. The van der Waals surface area contributed by atoms with Crippen LogP contribution in [-0.2, 0) is 0 Å². The fourth-order valence-electron chi connectivity index (χ4n) is 4.50. The Morgan fingerprint density at radius 2 is 2.21 bits per heavy atom. The van der Waals surface area contributed by atoms with Crippen molar-refractivity contribution >= 4 is 28.4 Å². The third-order valence-corrected chi connectivity index (χ3v) is 6.44. The quantitative estimate of drug-likeness (QED) is 0.439. The smallest absolute Gasteiger partial charge is 0.257 e. The molecule has 170 valence electrons. The van der Waals surface area contributed by atoms with Crippen LogP contribution in [0, 0.1) is 0 Å². The second-order valence-electron chi connectivity index (χ2n) is 8.85. The summed E-state index contributed by atoms with van der Waals surface area (Å²) in [6.45, 7) is 5.34. The zero-order chi connectivity index (χ0) is 22.7. The van der Waals surface area contributed by atoms with Gasteiger partial charge in [0, 0.05) is 29.4 Å². The molecule has 4 aromatic heterocycles. The molecule has 0 aromatic carbocycles. The summed E-state index contributed by atoms with van der Waals surface area (Å²) in [7, 11) is 0. The maximum atomic E-state index is 13.0. The number of nitrogens with one attached hydrogen (secondary N) is 2. The topological polar surface area (TPSA) is 119 Å². The highest BCUT2D eigenvalue weighted by Crippen LogP contribution is 2.41. The molecule has 1 aliphatic heterocycles. The third kappa shape index (κ3) is 3.05. The molecular weight excluding hydrogens is 422 g/mol. The monoisotopic (exact) mass is 447 g/mol. The lowest BCUT2D eigenvalue weighted by molar-refractivity contribution is 0.0448. The molecule has 6 rings (SSSR count). The number of aliphatic hydroxyl groups is 1. The van der Waals surface area contributed by atoms with Crippen molar-refractivity contribution in [3.05, 3.63) is 36.3 Å². The van der Waals surface area contributed by atoms with E-state index in [4.69, 9.17) is 9.72 Å². The van der Waals surface area contributed by atoms with Crippen molar-refractivity contribution in [2.75, 3.05) is 18.5 Å². The number of carbonyl (C=O) groups is 1. The van der Waals surface area contributed by atoms with Gasteiger partial charge in [-0.1, -0.05) is 0 Å². The van der Waals surface area contributed by atoms with Crippen molar-refractivity contribution in [1.82, 2.24) is 29.5 Å². The molecule has 1 aliphatic carbocycles. The summed E-state index contributed by atoms with van der Waals surface area (Å²) in [6.07, 6.45) is 6.30. The van der Waals surface area contributed by atoms with Gasteiger partial charge in [-0.15, -0.1) is 0 Å². The van der Waals surface area contributed by atoms with Gasteiger partial charge in [-0.25, -0.2) is 9.97 Å². The van der Waals surface area contributed by atoms with Gasteiger partial charge in [0.25, 0.3) is 5.91 Å². The van der Waals surface area contributed by atoms with Crippen LogP contribution in [0.2, 0.25) is 0 Å². The van der Waals surface area contributed by atoms with E-state index >= 15 is 0 Å². The number of hydrogen-bond donors (Lipinski definition) is 3. The van der Waals surface area contributed by atoms with Crippen molar-refractivity contribution in [1.29, 1.82) is 0 Å². The predicted octanol–water partition coefficient (Wildman–Crippen LogP) is 2.38. The van der Waals surface area contributed by atoms with Gasteiger partial charge in [0.2, 0.25) is 0 Å². The second-order valence-corrected chi connectivity index (χ2v) is 8.85. The standard InChI is InChI=1S/C23H25N7O3/c1-12(2)29-11-15(13-4-3-7-24-20(13)29)18-19-22(25-8-9-33-19)30-21(28-18)14(10-26-30)23(32)27-16-5-6-17(16)31/h3-4,7,10-12,16-17,25,31H,5-6,8-9H2,1-2H3,(H,27,32)/t16-,17+/m0/s1. The average Bonchev–Trinajstić information content (AvgIpc) is 3.43.